The summed E-state index contributed by atoms with van der Waals surface area (Å²) in [7, 11) is 0. The average Bonchev–Trinajstić information content (AvgIpc) is 2.71. The largest absolute Gasteiger partial charge is 0.356 e. The number of aryl methyl sites for hydroxylation is 2. The molecule has 108 valence electrons. The highest BCUT2D eigenvalue weighted by molar-refractivity contribution is 5.76. The van der Waals surface area contributed by atoms with E-state index in [1.54, 1.807) is 9.13 Å². The molecule has 1 heterocycles. The molecule has 7 nitrogen and oxygen atoms in total. The van der Waals surface area contributed by atoms with Gasteiger partial charge in [0.15, 0.2) is 0 Å². The van der Waals surface area contributed by atoms with Crippen LogP contribution in [-0.2, 0) is 22.7 Å². The van der Waals surface area contributed by atoms with Crippen molar-refractivity contribution in [1.29, 1.82) is 0 Å². The normalized spacial score (nSPS) is 10.9. The average molecular weight is 278 g/mol. The Kier molecular flexibility index (Phi) is 4.54. The Morgan fingerprint density at radius 3 is 2.40 bits per heavy atom. The minimum absolute atomic E-state index is 0.0737. The summed E-state index contributed by atoms with van der Waals surface area (Å²) in [5, 5.41) is 0. The maximum Gasteiger partial charge on any atom is 0.329 e. The molecule has 0 bridgehead atoms. The molecule has 2 aromatic rings. The van der Waals surface area contributed by atoms with Crippen molar-refractivity contribution in [3.63, 3.8) is 0 Å². The molecule has 0 saturated carbocycles. The Morgan fingerprint density at radius 1 is 1.25 bits per heavy atom. The molecule has 0 atom stereocenters. The van der Waals surface area contributed by atoms with Gasteiger partial charge >= 0.3 is 11.7 Å². The summed E-state index contributed by atoms with van der Waals surface area (Å²) >= 11 is 0. The molecule has 0 unspecified atom stereocenters. The first-order valence-electron chi connectivity index (χ1n) is 6.52. The number of aromatic nitrogens is 2. The van der Waals surface area contributed by atoms with Gasteiger partial charge in [0, 0.05) is 13.1 Å². The second kappa shape index (κ2) is 6.36. The van der Waals surface area contributed by atoms with Crippen LogP contribution in [0.3, 0.4) is 0 Å². The minimum Gasteiger partial charge on any atom is -0.356 e. The first-order valence-corrected chi connectivity index (χ1v) is 6.52. The van der Waals surface area contributed by atoms with Gasteiger partial charge in [-0.2, -0.15) is 0 Å². The lowest BCUT2D eigenvalue weighted by atomic mass is 10.3. The molecule has 1 aromatic heterocycles. The van der Waals surface area contributed by atoms with E-state index in [0.717, 1.165) is 17.5 Å². The molecule has 0 aliphatic heterocycles. The number of fused-ring (bicyclic) bond motifs is 1. The topological polar surface area (TPSA) is 91.3 Å². The SMILES string of the molecule is CCCn1c(=O)n(CCC(=O)ONN)c2ccccc21. The number of nitrogens with two attached hydrogens (primary N) is 1. The monoisotopic (exact) mass is 278 g/mol. The summed E-state index contributed by atoms with van der Waals surface area (Å²) in [4.78, 5) is 28.1. The van der Waals surface area contributed by atoms with Crippen LogP contribution in [0, 0.1) is 0 Å². The highest BCUT2D eigenvalue weighted by Crippen LogP contribution is 2.13. The second-order valence-electron chi connectivity index (χ2n) is 4.42. The lowest BCUT2D eigenvalue weighted by Gasteiger charge is -2.03. The van der Waals surface area contributed by atoms with Gasteiger partial charge in [-0.3, -0.25) is 13.9 Å². The number of benzene rings is 1. The van der Waals surface area contributed by atoms with Crippen molar-refractivity contribution >= 4 is 17.0 Å². The fourth-order valence-corrected chi connectivity index (χ4v) is 2.25. The third kappa shape index (κ3) is 2.73. The molecule has 20 heavy (non-hydrogen) atoms. The van der Waals surface area contributed by atoms with Gasteiger partial charge in [0.2, 0.25) is 0 Å². The number of nitrogens with one attached hydrogen (secondary N) is 1. The van der Waals surface area contributed by atoms with Gasteiger partial charge in [-0.25, -0.2) is 10.6 Å². The van der Waals surface area contributed by atoms with Gasteiger partial charge < -0.3 is 4.84 Å². The van der Waals surface area contributed by atoms with Gasteiger partial charge in [-0.05, 0) is 18.6 Å². The van der Waals surface area contributed by atoms with Crippen LogP contribution in [0.4, 0.5) is 0 Å². The Labute approximate surface area is 115 Å². The summed E-state index contributed by atoms with van der Waals surface area (Å²) in [6, 6.07) is 7.54. The summed E-state index contributed by atoms with van der Waals surface area (Å²) < 4.78 is 3.31. The molecular formula is C13H18N4O3. The molecule has 2 rings (SSSR count). The first-order chi connectivity index (χ1) is 9.69. The van der Waals surface area contributed by atoms with E-state index in [9.17, 15) is 9.59 Å². The number of para-hydroxylation sites is 2. The third-order valence-electron chi connectivity index (χ3n) is 3.08. The van der Waals surface area contributed by atoms with Crippen molar-refractivity contribution in [2.75, 3.05) is 0 Å². The number of nitrogens with zero attached hydrogens (tertiary/aromatic N) is 2. The van der Waals surface area contributed by atoms with Crippen LogP contribution in [0.15, 0.2) is 29.1 Å². The van der Waals surface area contributed by atoms with Crippen molar-refractivity contribution in [2.45, 2.75) is 32.9 Å². The van der Waals surface area contributed by atoms with E-state index in [1.807, 2.05) is 36.8 Å². The number of imidazole rings is 1. The van der Waals surface area contributed by atoms with Crippen molar-refractivity contribution in [3.8, 4) is 0 Å². The molecule has 0 fully saturated rings. The maximum absolute atomic E-state index is 12.4. The second-order valence-corrected chi connectivity index (χ2v) is 4.42. The molecule has 0 radical (unpaired) electrons. The molecule has 0 spiro atoms. The van der Waals surface area contributed by atoms with Crippen LogP contribution in [-0.4, -0.2) is 15.1 Å². The summed E-state index contributed by atoms with van der Waals surface area (Å²) in [5.41, 5.74) is 3.43. The lowest BCUT2D eigenvalue weighted by molar-refractivity contribution is -0.151. The van der Waals surface area contributed by atoms with Crippen LogP contribution in [0.1, 0.15) is 19.8 Å². The van der Waals surface area contributed by atoms with Crippen LogP contribution in [0.25, 0.3) is 11.0 Å². The molecule has 3 N–H and O–H groups in total. The van der Waals surface area contributed by atoms with E-state index in [0.29, 0.717) is 6.54 Å². The summed E-state index contributed by atoms with van der Waals surface area (Å²) in [6.45, 7) is 2.93. The Balaban J connectivity index is 2.35. The molecule has 0 amide bonds. The Hall–Kier alpha value is -2.12. The maximum atomic E-state index is 12.4. The van der Waals surface area contributed by atoms with Crippen molar-refractivity contribution in [2.24, 2.45) is 5.84 Å². The highest BCUT2D eigenvalue weighted by Gasteiger charge is 2.13. The van der Waals surface area contributed by atoms with E-state index in [-0.39, 0.29) is 18.7 Å². The van der Waals surface area contributed by atoms with Gasteiger partial charge in [-0.1, -0.05) is 24.6 Å². The zero-order valence-electron chi connectivity index (χ0n) is 11.3. The van der Waals surface area contributed by atoms with E-state index >= 15 is 0 Å². The Bertz CT molecular complexity index is 659. The minimum atomic E-state index is -0.508. The summed E-state index contributed by atoms with van der Waals surface area (Å²) in [6.07, 6.45) is 0.942. The summed E-state index contributed by atoms with van der Waals surface area (Å²) in [5.74, 6) is 4.39. The number of carbonyl (C=O) groups excluding carboxylic acids is 1. The van der Waals surface area contributed by atoms with E-state index < -0.39 is 5.97 Å². The van der Waals surface area contributed by atoms with Gasteiger partial charge in [-0.15, -0.1) is 0 Å². The predicted octanol–water partition coefficient (Wildman–Crippen LogP) is 0.525. The van der Waals surface area contributed by atoms with E-state index in [1.165, 1.54) is 0 Å². The number of carbonyl (C=O) groups is 1. The highest BCUT2D eigenvalue weighted by atomic mass is 16.7. The van der Waals surface area contributed by atoms with Crippen LogP contribution >= 0.6 is 0 Å². The molecular weight excluding hydrogens is 260 g/mol. The predicted molar refractivity (Wildman–Crippen MR) is 74.5 cm³/mol. The molecule has 0 aliphatic rings. The molecule has 0 saturated heterocycles. The van der Waals surface area contributed by atoms with Crippen molar-refractivity contribution in [3.05, 3.63) is 34.7 Å². The Morgan fingerprint density at radius 2 is 1.85 bits per heavy atom. The zero-order chi connectivity index (χ0) is 14.5. The molecule has 1 aromatic carbocycles. The molecule has 7 heteroatoms. The smallest absolute Gasteiger partial charge is 0.329 e. The number of rotatable bonds is 6. The zero-order valence-corrected chi connectivity index (χ0v) is 11.3. The van der Waals surface area contributed by atoms with Gasteiger partial charge in [0.25, 0.3) is 0 Å². The van der Waals surface area contributed by atoms with E-state index in [4.69, 9.17) is 5.84 Å². The lowest BCUT2D eigenvalue weighted by Crippen LogP contribution is -2.29. The van der Waals surface area contributed by atoms with E-state index in [2.05, 4.69) is 4.84 Å². The number of hydrazine groups is 1. The van der Waals surface area contributed by atoms with Gasteiger partial charge in [0.1, 0.15) is 0 Å². The van der Waals surface area contributed by atoms with Gasteiger partial charge in [0.05, 0.1) is 17.5 Å². The third-order valence-corrected chi connectivity index (χ3v) is 3.08. The molecule has 0 aliphatic carbocycles. The van der Waals surface area contributed by atoms with Crippen LogP contribution in [0.5, 0.6) is 0 Å². The quantitative estimate of drug-likeness (QED) is 0.594. The number of hydrogen-bond acceptors (Lipinski definition) is 5. The first kappa shape index (κ1) is 14.3. The fraction of sp³-hybridized carbons (Fsp3) is 0.385. The van der Waals surface area contributed by atoms with Crippen molar-refractivity contribution in [1.82, 2.24) is 14.7 Å². The fourth-order valence-electron chi connectivity index (χ4n) is 2.25. The van der Waals surface area contributed by atoms with Crippen molar-refractivity contribution < 1.29 is 9.63 Å². The van der Waals surface area contributed by atoms with Crippen LogP contribution in [0.2, 0.25) is 0 Å². The standard InChI is InChI=1S/C13H18N4O3/c1-2-8-16-10-5-3-4-6-11(10)17(13(16)19)9-7-12(18)20-15-14/h3-6,15H,2,7-9,14H2,1H3. The van der Waals surface area contributed by atoms with Crippen LogP contribution < -0.4 is 17.1 Å². The number of hydrogen-bond donors (Lipinski definition) is 2.